The van der Waals surface area contributed by atoms with Gasteiger partial charge in [0.25, 0.3) is 0 Å². The second kappa shape index (κ2) is 6.43. The zero-order chi connectivity index (χ0) is 14.7. The Hall–Kier alpha value is -1.62. The molecule has 0 aliphatic carbocycles. The summed E-state index contributed by atoms with van der Waals surface area (Å²) in [5.41, 5.74) is 2.70. The van der Waals surface area contributed by atoms with E-state index in [4.69, 9.17) is 0 Å². The zero-order valence-electron chi connectivity index (χ0n) is 13.0. The van der Waals surface area contributed by atoms with E-state index in [9.17, 15) is 0 Å². The van der Waals surface area contributed by atoms with Crippen LogP contribution >= 0.6 is 0 Å². The fourth-order valence-electron chi connectivity index (χ4n) is 3.18. The molecule has 0 aromatic carbocycles. The highest BCUT2D eigenvalue weighted by molar-refractivity contribution is 5.16. The molecule has 0 amide bonds. The van der Waals surface area contributed by atoms with E-state index in [2.05, 4.69) is 38.5 Å². The number of imidazole rings is 1. The summed E-state index contributed by atoms with van der Waals surface area (Å²) in [4.78, 5) is 10.2. The van der Waals surface area contributed by atoms with Gasteiger partial charge in [0.15, 0.2) is 0 Å². The van der Waals surface area contributed by atoms with Gasteiger partial charge in [-0.25, -0.2) is 4.98 Å². The van der Waals surface area contributed by atoms with E-state index in [1.54, 1.807) is 0 Å². The van der Waals surface area contributed by atoms with Crippen molar-refractivity contribution in [2.45, 2.75) is 52.1 Å². The van der Waals surface area contributed by atoms with Gasteiger partial charge in [0, 0.05) is 42.7 Å². The van der Waals surface area contributed by atoms with E-state index >= 15 is 0 Å². The van der Waals surface area contributed by atoms with Gasteiger partial charge < -0.3 is 4.98 Å². The SMILES string of the molecule is CCCn1ncc(CN2CCC(c3ncc[nH]3)CC2)c1C. The van der Waals surface area contributed by atoms with Crippen molar-refractivity contribution in [2.75, 3.05) is 13.1 Å². The Bertz CT molecular complexity index is 549. The first-order chi connectivity index (χ1) is 10.3. The van der Waals surface area contributed by atoms with Crippen molar-refractivity contribution in [3.63, 3.8) is 0 Å². The molecule has 5 nitrogen and oxygen atoms in total. The van der Waals surface area contributed by atoms with Gasteiger partial charge in [0.1, 0.15) is 5.82 Å². The highest BCUT2D eigenvalue weighted by atomic mass is 15.3. The Morgan fingerprint density at radius 1 is 1.33 bits per heavy atom. The van der Waals surface area contributed by atoms with Crippen LogP contribution in [0.4, 0.5) is 0 Å². The lowest BCUT2D eigenvalue weighted by atomic mass is 9.96. The van der Waals surface area contributed by atoms with E-state index in [0.717, 1.165) is 38.4 Å². The van der Waals surface area contributed by atoms with Crippen LogP contribution in [0.2, 0.25) is 0 Å². The maximum Gasteiger partial charge on any atom is 0.109 e. The number of aromatic amines is 1. The number of aromatic nitrogens is 4. The second-order valence-electron chi connectivity index (χ2n) is 6.00. The molecule has 0 radical (unpaired) electrons. The molecule has 1 saturated heterocycles. The number of aryl methyl sites for hydroxylation is 1. The Balaban J connectivity index is 1.56. The van der Waals surface area contributed by atoms with Crippen LogP contribution in [-0.4, -0.2) is 37.7 Å². The molecule has 0 spiro atoms. The van der Waals surface area contributed by atoms with E-state index in [-0.39, 0.29) is 0 Å². The number of likely N-dealkylation sites (tertiary alicyclic amines) is 1. The Morgan fingerprint density at radius 2 is 2.14 bits per heavy atom. The Kier molecular flexibility index (Phi) is 4.39. The van der Waals surface area contributed by atoms with Crippen LogP contribution in [0, 0.1) is 6.92 Å². The molecule has 3 heterocycles. The molecule has 21 heavy (non-hydrogen) atoms. The fraction of sp³-hybridized carbons (Fsp3) is 0.625. The topological polar surface area (TPSA) is 49.7 Å². The van der Waals surface area contributed by atoms with Gasteiger partial charge in [-0.1, -0.05) is 6.92 Å². The van der Waals surface area contributed by atoms with Crippen LogP contribution in [0.25, 0.3) is 0 Å². The Morgan fingerprint density at radius 3 is 2.81 bits per heavy atom. The summed E-state index contributed by atoms with van der Waals surface area (Å²) in [6.45, 7) is 8.72. The van der Waals surface area contributed by atoms with Crippen molar-refractivity contribution in [2.24, 2.45) is 0 Å². The molecule has 0 atom stereocenters. The van der Waals surface area contributed by atoms with Crippen LogP contribution < -0.4 is 0 Å². The first-order valence-electron chi connectivity index (χ1n) is 8.01. The predicted molar refractivity (Wildman–Crippen MR) is 83.1 cm³/mol. The lowest BCUT2D eigenvalue weighted by Gasteiger charge is -2.30. The number of H-pyrrole nitrogens is 1. The number of nitrogens with one attached hydrogen (secondary N) is 1. The minimum absolute atomic E-state index is 0.597. The van der Waals surface area contributed by atoms with Crippen molar-refractivity contribution in [1.82, 2.24) is 24.6 Å². The average molecular weight is 287 g/mol. The highest BCUT2D eigenvalue weighted by Gasteiger charge is 2.22. The summed E-state index contributed by atoms with van der Waals surface area (Å²) in [7, 11) is 0. The van der Waals surface area contributed by atoms with E-state index in [1.165, 1.54) is 24.1 Å². The van der Waals surface area contributed by atoms with Crippen LogP contribution in [0.5, 0.6) is 0 Å². The molecular weight excluding hydrogens is 262 g/mol. The maximum absolute atomic E-state index is 4.50. The summed E-state index contributed by atoms with van der Waals surface area (Å²) in [6, 6.07) is 0. The molecule has 3 rings (SSSR count). The number of hydrogen-bond donors (Lipinski definition) is 1. The van der Waals surface area contributed by atoms with Crippen molar-refractivity contribution in [1.29, 1.82) is 0 Å². The zero-order valence-corrected chi connectivity index (χ0v) is 13.0. The summed E-state index contributed by atoms with van der Waals surface area (Å²) < 4.78 is 2.13. The summed E-state index contributed by atoms with van der Waals surface area (Å²) in [6.07, 6.45) is 9.34. The third-order valence-corrected chi connectivity index (χ3v) is 4.53. The molecular formula is C16H25N5. The molecule has 1 aliphatic rings. The number of hydrogen-bond acceptors (Lipinski definition) is 3. The fourth-order valence-corrected chi connectivity index (χ4v) is 3.18. The van der Waals surface area contributed by atoms with Crippen LogP contribution in [0.15, 0.2) is 18.6 Å². The molecule has 114 valence electrons. The van der Waals surface area contributed by atoms with Gasteiger partial charge in [0.05, 0.1) is 6.20 Å². The number of piperidine rings is 1. The molecule has 1 N–H and O–H groups in total. The smallest absolute Gasteiger partial charge is 0.109 e. The molecule has 0 unspecified atom stereocenters. The van der Waals surface area contributed by atoms with E-state index in [0.29, 0.717) is 5.92 Å². The Labute approximate surface area is 126 Å². The van der Waals surface area contributed by atoms with Crippen molar-refractivity contribution >= 4 is 0 Å². The van der Waals surface area contributed by atoms with Gasteiger partial charge in [-0.05, 0) is 39.3 Å². The van der Waals surface area contributed by atoms with E-state index in [1.807, 2.05) is 18.6 Å². The molecule has 1 aliphatic heterocycles. The molecule has 5 heteroatoms. The van der Waals surface area contributed by atoms with Crippen molar-refractivity contribution in [3.8, 4) is 0 Å². The number of rotatable bonds is 5. The molecule has 0 bridgehead atoms. The summed E-state index contributed by atoms with van der Waals surface area (Å²) in [5.74, 6) is 1.75. The molecule has 1 fully saturated rings. The second-order valence-corrected chi connectivity index (χ2v) is 6.00. The average Bonchev–Trinajstić information content (AvgIpc) is 3.14. The van der Waals surface area contributed by atoms with Gasteiger partial charge in [-0.3, -0.25) is 9.58 Å². The quantitative estimate of drug-likeness (QED) is 0.920. The molecule has 2 aromatic heterocycles. The first-order valence-corrected chi connectivity index (χ1v) is 8.01. The van der Waals surface area contributed by atoms with Crippen molar-refractivity contribution < 1.29 is 0 Å². The predicted octanol–water partition coefficient (Wildman–Crippen LogP) is 2.70. The van der Waals surface area contributed by atoms with Gasteiger partial charge in [-0.2, -0.15) is 5.10 Å². The lowest BCUT2D eigenvalue weighted by Crippen LogP contribution is -2.32. The van der Waals surface area contributed by atoms with E-state index < -0.39 is 0 Å². The normalized spacial score (nSPS) is 17.4. The van der Waals surface area contributed by atoms with Gasteiger partial charge >= 0.3 is 0 Å². The van der Waals surface area contributed by atoms with Crippen LogP contribution in [-0.2, 0) is 13.1 Å². The number of nitrogens with zero attached hydrogens (tertiary/aromatic N) is 4. The minimum Gasteiger partial charge on any atom is -0.348 e. The molecule has 0 saturated carbocycles. The first kappa shape index (κ1) is 14.3. The minimum atomic E-state index is 0.597. The third-order valence-electron chi connectivity index (χ3n) is 4.53. The van der Waals surface area contributed by atoms with Gasteiger partial charge in [0.2, 0.25) is 0 Å². The third kappa shape index (κ3) is 3.18. The monoisotopic (exact) mass is 287 g/mol. The summed E-state index contributed by atoms with van der Waals surface area (Å²) >= 11 is 0. The van der Waals surface area contributed by atoms with Crippen LogP contribution in [0.1, 0.15) is 49.2 Å². The maximum atomic E-state index is 4.50. The standard InChI is InChI=1S/C16H25N5/c1-3-8-21-13(2)15(11-19-21)12-20-9-4-14(5-10-20)16-17-6-7-18-16/h6-7,11,14H,3-5,8-10,12H2,1-2H3,(H,17,18). The van der Waals surface area contributed by atoms with Crippen LogP contribution in [0.3, 0.4) is 0 Å². The largest absolute Gasteiger partial charge is 0.348 e. The van der Waals surface area contributed by atoms with Gasteiger partial charge in [-0.15, -0.1) is 0 Å². The highest BCUT2D eigenvalue weighted by Crippen LogP contribution is 2.26. The van der Waals surface area contributed by atoms with Crippen molar-refractivity contribution in [3.05, 3.63) is 35.7 Å². The summed E-state index contributed by atoms with van der Waals surface area (Å²) in [5, 5.41) is 4.50. The molecule has 2 aromatic rings. The lowest BCUT2D eigenvalue weighted by molar-refractivity contribution is 0.201.